The molecule has 0 aliphatic carbocycles. The molecule has 1 aromatic carbocycles. The highest BCUT2D eigenvalue weighted by Crippen LogP contribution is 2.42. The third kappa shape index (κ3) is 5.34. The maximum absolute atomic E-state index is 13.6. The number of nitrogens with one attached hydrogen (secondary N) is 1. The van der Waals surface area contributed by atoms with Gasteiger partial charge >= 0.3 is 6.18 Å². The van der Waals surface area contributed by atoms with E-state index >= 15 is 0 Å². The molecule has 3 aliphatic heterocycles. The second-order valence-electron chi connectivity index (χ2n) is 11.5. The van der Waals surface area contributed by atoms with Crippen molar-refractivity contribution in [3.05, 3.63) is 71.0 Å². The molecule has 1 fully saturated rings. The van der Waals surface area contributed by atoms with Crippen LogP contribution < -0.4 is 15.1 Å². The number of nitrogens with zero attached hydrogens (tertiary/aromatic N) is 5. The molecule has 3 aliphatic rings. The topological polar surface area (TPSA) is 56.8 Å². The Morgan fingerprint density at radius 2 is 1.82 bits per heavy atom. The van der Waals surface area contributed by atoms with E-state index in [4.69, 9.17) is 4.74 Å². The first kappa shape index (κ1) is 26.8. The Bertz CT molecular complexity index is 1370. The van der Waals surface area contributed by atoms with Crippen LogP contribution >= 0.6 is 0 Å². The molecule has 0 amide bonds. The summed E-state index contributed by atoms with van der Waals surface area (Å²) in [6, 6.07) is 10.8. The molecule has 10 heteroatoms. The third-order valence-corrected chi connectivity index (χ3v) is 8.24. The predicted octanol–water partition coefficient (Wildman–Crippen LogP) is 5.23. The van der Waals surface area contributed by atoms with Gasteiger partial charge in [0.25, 0.3) is 0 Å². The molecule has 6 rings (SSSR count). The van der Waals surface area contributed by atoms with Crippen LogP contribution in [0, 0.1) is 0 Å². The Hall–Kier alpha value is -3.37. The van der Waals surface area contributed by atoms with E-state index in [1.54, 1.807) is 11.1 Å². The Morgan fingerprint density at radius 1 is 1.00 bits per heavy atom. The number of aromatic nitrogens is 2. The van der Waals surface area contributed by atoms with Gasteiger partial charge in [0.05, 0.1) is 18.8 Å². The van der Waals surface area contributed by atoms with Crippen LogP contribution in [0.3, 0.4) is 0 Å². The molecular weight excluding hydrogens is 517 g/mol. The van der Waals surface area contributed by atoms with E-state index < -0.39 is 11.7 Å². The molecule has 212 valence electrons. The summed E-state index contributed by atoms with van der Waals surface area (Å²) >= 11 is 0. The number of rotatable bonds is 6. The first-order valence-electron chi connectivity index (χ1n) is 13.9. The van der Waals surface area contributed by atoms with Gasteiger partial charge in [-0.25, -0.2) is 9.97 Å². The smallest absolute Gasteiger partial charge is 0.379 e. The number of fused-ring (bicyclic) bond motifs is 2. The summed E-state index contributed by atoms with van der Waals surface area (Å²) in [5.74, 6) is 0.733. The Morgan fingerprint density at radius 3 is 2.62 bits per heavy atom. The minimum Gasteiger partial charge on any atom is -0.379 e. The van der Waals surface area contributed by atoms with Gasteiger partial charge in [0.15, 0.2) is 0 Å². The van der Waals surface area contributed by atoms with Crippen LogP contribution in [0.15, 0.2) is 48.8 Å². The van der Waals surface area contributed by atoms with Gasteiger partial charge in [-0.05, 0) is 47.9 Å². The largest absolute Gasteiger partial charge is 0.419 e. The summed E-state index contributed by atoms with van der Waals surface area (Å²) in [4.78, 5) is 15.4. The fourth-order valence-electron chi connectivity index (χ4n) is 6.16. The van der Waals surface area contributed by atoms with Gasteiger partial charge in [-0.3, -0.25) is 4.90 Å². The van der Waals surface area contributed by atoms with E-state index in [2.05, 4.69) is 57.1 Å². The number of alkyl halides is 3. The lowest BCUT2D eigenvalue weighted by molar-refractivity contribution is -0.137. The quantitative estimate of drug-likeness (QED) is 0.449. The van der Waals surface area contributed by atoms with E-state index in [0.717, 1.165) is 74.6 Å². The molecule has 3 aromatic rings. The highest BCUT2D eigenvalue weighted by atomic mass is 19.4. The average Bonchev–Trinajstić information content (AvgIpc) is 3.21. The Labute approximate surface area is 233 Å². The predicted molar refractivity (Wildman–Crippen MR) is 150 cm³/mol. The van der Waals surface area contributed by atoms with E-state index in [-0.39, 0.29) is 11.2 Å². The minimum atomic E-state index is -4.45. The number of morpholine rings is 1. The maximum atomic E-state index is 13.6. The van der Waals surface area contributed by atoms with Crippen molar-refractivity contribution >= 4 is 23.0 Å². The molecule has 0 unspecified atom stereocenters. The number of anilines is 4. The van der Waals surface area contributed by atoms with Gasteiger partial charge in [0.1, 0.15) is 11.6 Å². The molecule has 7 nitrogen and oxygen atoms in total. The van der Waals surface area contributed by atoms with E-state index in [9.17, 15) is 13.2 Å². The fourth-order valence-corrected chi connectivity index (χ4v) is 6.16. The minimum absolute atomic E-state index is 0.0228. The zero-order valence-electron chi connectivity index (χ0n) is 23.0. The van der Waals surface area contributed by atoms with Crippen LogP contribution in [0.5, 0.6) is 0 Å². The Kier molecular flexibility index (Phi) is 7.08. The number of hydrogen-bond acceptors (Lipinski definition) is 7. The van der Waals surface area contributed by atoms with Crippen molar-refractivity contribution in [2.75, 3.05) is 67.6 Å². The zero-order valence-corrected chi connectivity index (χ0v) is 23.0. The first-order valence-corrected chi connectivity index (χ1v) is 13.9. The summed E-state index contributed by atoms with van der Waals surface area (Å²) in [7, 11) is 0. The third-order valence-electron chi connectivity index (χ3n) is 8.24. The van der Waals surface area contributed by atoms with Gasteiger partial charge in [-0.15, -0.1) is 0 Å². The lowest BCUT2D eigenvalue weighted by Gasteiger charge is -2.32. The molecule has 5 heterocycles. The maximum Gasteiger partial charge on any atom is 0.419 e. The fraction of sp³-hybridized carbons (Fsp3) is 0.467. The summed E-state index contributed by atoms with van der Waals surface area (Å²) < 4.78 is 46.4. The molecule has 0 spiro atoms. The highest BCUT2D eigenvalue weighted by molar-refractivity contribution is 5.72. The summed E-state index contributed by atoms with van der Waals surface area (Å²) in [6.45, 7) is 11.9. The van der Waals surface area contributed by atoms with Gasteiger partial charge in [0, 0.05) is 80.6 Å². The zero-order chi connectivity index (χ0) is 27.9. The van der Waals surface area contributed by atoms with E-state index in [0.29, 0.717) is 19.5 Å². The van der Waals surface area contributed by atoms with Gasteiger partial charge in [0.2, 0.25) is 0 Å². The molecule has 0 atom stereocenters. The molecule has 1 saturated heterocycles. The number of pyridine rings is 2. The molecule has 0 saturated carbocycles. The molecule has 40 heavy (non-hydrogen) atoms. The first-order chi connectivity index (χ1) is 19.2. The van der Waals surface area contributed by atoms with Crippen molar-refractivity contribution in [3.8, 4) is 0 Å². The molecule has 1 N–H and O–H groups in total. The van der Waals surface area contributed by atoms with Crippen molar-refractivity contribution in [3.63, 3.8) is 0 Å². The SMILES string of the molecule is CC1(C)CN(CCN2CCOCC2)c2cc(Nc3nccc4c3CCN(c3ncccc3C(F)(F)F)C4)ccc21. The van der Waals surface area contributed by atoms with E-state index in [1.807, 2.05) is 6.07 Å². The monoisotopic (exact) mass is 552 g/mol. The average molecular weight is 553 g/mol. The summed E-state index contributed by atoms with van der Waals surface area (Å²) in [6.07, 6.45) is -0.742. The van der Waals surface area contributed by atoms with Crippen LogP contribution in [0.25, 0.3) is 0 Å². The molecule has 0 bridgehead atoms. The van der Waals surface area contributed by atoms with Gasteiger partial charge < -0.3 is 19.9 Å². The van der Waals surface area contributed by atoms with Crippen molar-refractivity contribution in [2.24, 2.45) is 0 Å². The lowest BCUT2D eigenvalue weighted by Crippen LogP contribution is -2.42. The lowest BCUT2D eigenvalue weighted by atomic mass is 9.87. The number of benzene rings is 1. The summed E-state index contributed by atoms with van der Waals surface area (Å²) in [5, 5.41) is 3.53. The molecule has 0 radical (unpaired) electrons. The van der Waals surface area contributed by atoms with Crippen molar-refractivity contribution in [1.82, 2.24) is 14.9 Å². The van der Waals surface area contributed by atoms with Crippen molar-refractivity contribution in [2.45, 2.75) is 38.4 Å². The molecular formula is C30H35F3N6O. The van der Waals surface area contributed by atoms with Crippen LogP contribution in [0.1, 0.15) is 36.1 Å². The van der Waals surface area contributed by atoms with E-state index in [1.165, 1.54) is 23.5 Å². The van der Waals surface area contributed by atoms with Crippen LogP contribution in [0.2, 0.25) is 0 Å². The normalized spacial score (nSPS) is 18.9. The Balaban J connectivity index is 1.21. The number of halogens is 3. The molecule has 2 aromatic heterocycles. The van der Waals surface area contributed by atoms with Crippen LogP contribution in [-0.4, -0.2) is 67.4 Å². The van der Waals surface area contributed by atoms with Crippen LogP contribution in [0.4, 0.5) is 36.2 Å². The second-order valence-corrected chi connectivity index (χ2v) is 11.5. The number of ether oxygens (including phenoxy) is 1. The van der Waals surface area contributed by atoms with Gasteiger partial charge in [-0.1, -0.05) is 19.9 Å². The van der Waals surface area contributed by atoms with Crippen LogP contribution in [-0.2, 0) is 29.3 Å². The standard InChI is InChI=1S/C30H35F3N6O/c1-29(2)20-39(13-12-37-14-16-40-17-15-37)26-18-22(5-6-24(26)29)36-27-23-8-11-38(19-21(23)7-10-34-27)28-25(30(31,32)33)4-3-9-35-28/h3-7,9-10,18H,8,11-17,19-20H2,1-2H3,(H,34,36). The second kappa shape index (κ2) is 10.6. The van der Waals surface area contributed by atoms with Crippen molar-refractivity contribution < 1.29 is 17.9 Å². The van der Waals surface area contributed by atoms with Crippen molar-refractivity contribution in [1.29, 1.82) is 0 Å². The highest BCUT2D eigenvalue weighted by Gasteiger charge is 2.37. The summed E-state index contributed by atoms with van der Waals surface area (Å²) in [5.41, 5.74) is 4.90. The van der Waals surface area contributed by atoms with Gasteiger partial charge in [-0.2, -0.15) is 13.2 Å². The number of hydrogen-bond donors (Lipinski definition) is 1.